The molecule has 6 heteroatoms. The van der Waals surface area contributed by atoms with Gasteiger partial charge in [0.15, 0.2) is 5.76 Å². The van der Waals surface area contributed by atoms with Crippen LogP contribution in [0.1, 0.15) is 30.0 Å². The molecule has 1 N–H and O–H groups in total. The van der Waals surface area contributed by atoms with E-state index in [1.54, 1.807) is 24.0 Å². The first kappa shape index (κ1) is 16.1. The average molecular weight is 328 g/mol. The van der Waals surface area contributed by atoms with E-state index in [2.05, 4.69) is 5.32 Å². The zero-order chi connectivity index (χ0) is 17.1. The fraction of sp³-hybridized carbons (Fsp3) is 0.333. The second-order valence-electron chi connectivity index (χ2n) is 5.91. The van der Waals surface area contributed by atoms with Crippen molar-refractivity contribution in [2.24, 2.45) is 0 Å². The van der Waals surface area contributed by atoms with Gasteiger partial charge in [-0.15, -0.1) is 0 Å². The van der Waals surface area contributed by atoms with Crippen LogP contribution in [-0.2, 0) is 11.3 Å². The van der Waals surface area contributed by atoms with E-state index in [0.717, 1.165) is 11.3 Å². The lowest BCUT2D eigenvalue weighted by molar-refractivity contribution is -0.135. The number of nitrogens with one attached hydrogen (secondary N) is 1. The molecule has 2 amide bonds. The molecule has 2 aromatic rings. The number of ether oxygens (including phenoxy) is 1. The van der Waals surface area contributed by atoms with Crippen LogP contribution < -0.4 is 10.1 Å². The molecule has 2 heterocycles. The van der Waals surface area contributed by atoms with Crippen LogP contribution in [0.2, 0.25) is 0 Å². The van der Waals surface area contributed by atoms with Crippen molar-refractivity contribution in [2.45, 2.75) is 32.5 Å². The quantitative estimate of drug-likeness (QED) is 0.938. The number of carbonyl (C=O) groups is 2. The SMILES string of the molecule is CC(NC(=O)c1ccco1)C(=O)N1Cc2ccccc2OCC1C. The van der Waals surface area contributed by atoms with Crippen molar-refractivity contribution in [1.29, 1.82) is 0 Å². The topological polar surface area (TPSA) is 71.8 Å². The zero-order valence-corrected chi connectivity index (χ0v) is 13.7. The molecule has 0 fully saturated rings. The first-order valence-electron chi connectivity index (χ1n) is 7.92. The summed E-state index contributed by atoms with van der Waals surface area (Å²) < 4.78 is 10.8. The third-order valence-corrected chi connectivity index (χ3v) is 4.07. The van der Waals surface area contributed by atoms with Gasteiger partial charge in [-0.05, 0) is 32.0 Å². The summed E-state index contributed by atoms with van der Waals surface area (Å²) >= 11 is 0. The van der Waals surface area contributed by atoms with E-state index in [9.17, 15) is 9.59 Å². The summed E-state index contributed by atoms with van der Waals surface area (Å²) in [5, 5.41) is 2.68. The Balaban J connectivity index is 1.72. The first-order chi connectivity index (χ1) is 11.6. The fourth-order valence-corrected chi connectivity index (χ4v) is 2.70. The minimum Gasteiger partial charge on any atom is -0.491 e. The van der Waals surface area contributed by atoms with E-state index in [0.29, 0.717) is 13.2 Å². The Hall–Kier alpha value is -2.76. The van der Waals surface area contributed by atoms with E-state index in [-0.39, 0.29) is 17.7 Å². The summed E-state index contributed by atoms with van der Waals surface area (Å²) in [6.07, 6.45) is 1.42. The fourth-order valence-electron chi connectivity index (χ4n) is 2.70. The van der Waals surface area contributed by atoms with Gasteiger partial charge in [0, 0.05) is 12.1 Å². The molecule has 0 saturated carbocycles. The van der Waals surface area contributed by atoms with Crippen molar-refractivity contribution in [3.8, 4) is 5.75 Å². The van der Waals surface area contributed by atoms with Gasteiger partial charge >= 0.3 is 0 Å². The van der Waals surface area contributed by atoms with Crippen molar-refractivity contribution in [3.05, 3.63) is 54.0 Å². The Morgan fingerprint density at radius 2 is 2.04 bits per heavy atom. The average Bonchev–Trinajstić information content (AvgIpc) is 3.07. The van der Waals surface area contributed by atoms with E-state index in [1.807, 2.05) is 31.2 Å². The molecule has 1 aromatic carbocycles. The van der Waals surface area contributed by atoms with Gasteiger partial charge in [0.2, 0.25) is 5.91 Å². The van der Waals surface area contributed by atoms with Gasteiger partial charge in [0.25, 0.3) is 5.91 Å². The van der Waals surface area contributed by atoms with Crippen molar-refractivity contribution >= 4 is 11.8 Å². The molecule has 0 radical (unpaired) electrons. The number of para-hydroxylation sites is 1. The first-order valence-corrected chi connectivity index (χ1v) is 7.92. The Labute approximate surface area is 140 Å². The van der Waals surface area contributed by atoms with Crippen molar-refractivity contribution in [3.63, 3.8) is 0 Å². The summed E-state index contributed by atoms with van der Waals surface area (Å²) in [5.74, 6) is 0.432. The minimum atomic E-state index is -0.657. The van der Waals surface area contributed by atoms with Crippen molar-refractivity contribution < 1.29 is 18.7 Å². The highest BCUT2D eigenvalue weighted by atomic mass is 16.5. The normalized spacial score (nSPS) is 18.1. The maximum absolute atomic E-state index is 12.8. The van der Waals surface area contributed by atoms with Crippen LogP contribution in [-0.4, -0.2) is 35.4 Å². The molecule has 3 rings (SSSR count). The molecule has 0 aliphatic carbocycles. The molecule has 1 aliphatic heterocycles. The molecule has 6 nitrogen and oxygen atoms in total. The number of amides is 2. The molecule has 0 spiro atoms. The van der Waals surface area contributed by atoms with Gasteiger partial charge in [-0.25, -0.2) is 0 Å². The molecule has 24 heavy (non-hydrogen) atoms. The molecule has 2 unspecified atom stereocenters. The number of benzene rings is 1. The Morgan fingerprint density at radius 1 is 1.25 bits per heavy atom. The van der Waals surface area contributed by atoms with Gasteiger partial charge < -0.3 is 19.4 Å². The second kappa shape index (κ2) is 6.78. The zero-order valence-electron chi connectivity index (χ0n) is 13.7. The van der Waals surface area contributed by atoms with Crippen LogP contribution in [0.15, 0.2) is 47.1 Å². The maximum atomic E-state index is 12.8. The van der Waals surface area contributed by atoms with E-state index in [4.69, 9.17) is 9.15 Å². The molecule has 0 saturated heterocycles. The molecule has 1 aromatic heterocycles. The number of carbonyl (C=O) groups excluding carboxylic acids is 2. The van der Waals surface area contributed by atoms with Crippen LogP contribution in [0.5, 0.6) is 5.75 Å². The lowest BCUT2D eigenvalue weighted by atomic mass is 10.1. The minimum absolute atomic E-state index is 0.0899. The summed E-state index contributed by atoms with van der Waals surface area (Å²) in [6, 6.07) is 10.1. The molecule has 2 atom stereocenters. The number of hydrogen-bond acceptors (Lipinski definition) is 4. The molecular weight excluding hydrogens is 308 g/mol. The predicted octanol–water partition coefficient (Wildman–Crippen LogP) is 2.21. The maximum Gasteiger partial charge on any atom is 0.287 e. The highest BCUT2D eigenvalue weighted by Crippen LogP contribution is 2.25. The summed E-state index contributed by atoms with van der Waals surface area (Å²) in [4.78, 5) is 26.6. The molecule has 1 aliphatic rings. The number of nitrogens with zero attached hydrogens (tertiary/aromatic N) is 1. The molecule has 0 bridgehead atoms. The number of hydrogen-bond donors (Lipinski definition) is 1. The Bertz CT molecular complexity index is 726. The largest absolute Gasteiger partial charge is 0.491 e. The van der Waals surface area contributed by atoms with Crippen LogP contribution in [0, 0.1) is 0 Å². The van der Waals surface area contributed by atoms with Gasteiger partial charge in [-0.3, -0.25) is 9.59 Å². The highest BCUT2D eigenvalue weighted by Gasteiger charge is 2.29. The Kier molecular flexibility index (Phi) is 4.55. The van der Waals surface area contributed by atoms with Gasteiger partial charge in [0.1, 0.15) is 18.4 Å². The van der Waals surface area contributed by atoms with Gasteiger partial charge in [-0.2, -0.15) is 0 Å². The number of furan rings is 1. The van der Waals surface area contributed by atoms with Gasteiger partial charge in [0.05, 0.1) is 12.3 Å². The van der Waals surface area contributed by atoms with Crippen LogP contribution in [0.4, 0.5) is 0 Å². The molecular formula is C18H20N2O4. The lowest BCUT2D eigenvalue weighted by Gasteiger charge is -2.29. The smallest absolute Gasteiger partial charge is 0.287 e. The highest BCUT2D eigenvalue weighted by molar-refractivity contribution is 5.95. The van der Waals surface area contributed by atoms with E-state index < -0.39 is 11.9 Å². The van der Waals surface area contributed by atoms with Crippen LogP contribution in [0.3, 0.4) is 0 Å². The summed E-state index contributed by atoms with van der Waals surface area (Å²) in [5.41, 5.74) is 0.958. The van der Waals surface area contributed by atoms with Crippen molar-refractivity contribution in [1.82, 2.24) is 10.2 Å². The molecule has 126 valence electrons. The number of fused-ring (bicyclic) bond motifs is 1. The van der Waals surface area contributed by atoms with Gasteiger partial charge in [-0.1, -0.05) is 18.2 Å². The van der Waals surface area contributed by atoms with Crippen LogP contribution >= 0.6 is 0 Å². The monoisotopic (exact) mass is 328 g/mol. The second-order valence-corrected chi connectivity index (χ2v) is 5.91. The van der Waals surface area contributed by atoms with Crippen molar-refractivity contribution in [2.75, 3.05) is 6.61 Å². The standard InChI is InChI=1S/C18H20N2O4/c1-12-11-24-15-7-4-3-6-14(15)10-20(12)18(22)13(2)19-17(21)16-8-5-9-23-16/h3-9,12-13H,10-11H2,1-2H3,(H,19,21). The predicted molar refractivity (Wildman–Crippen MR) is 87.6 cm³/mol. The lowest BCUT2D eigenvalue weighted by Crippen LogP contribution is -2.50. The number of rotatable bonds is 3. The third kappa shape index (κ3) is 3.27. The summed E-state index contributed by atoms with van der Waals surface area (Å²) in [7, 11) is 0. The van der Waals surface area contributed by atoms with E-state index >= 15 is 0 Å². The Morgan fingerprint density at radius 3 is 2.79 bits per heavy atom. The third-order valence-electron chi connectivity index (χ3n) is 4.07. The summed E-state index contributed by atoms with van der Waals surface area (Å²) in [6.45, 7) is 4.48. The van der Waals surface area contributed by atoms with E-state index in [1.165, 1.54) is 6.26 Å². The van der Waals surface area contributed by atoms with Crippen LogP contribution in [0.25, 0.3) is 0 Å².